The predicted molar refractivity (Wildman–Crippen MR) is 293 cm³/mol. The molecule has 30 heteroatoms. The third-order valence-electron chi connectivity index (χ3n) is 15.0. The van der Waals surface area contributed by atoms with Gasteiger partial charge < -0.3 is 74.7 Å². The van der Waals surface area contributed by atoms with Crippen LogP contribution < -0.4 is 21.9 Å². The summed E-state index contributed by atoms with van der Waals surface area (Å²) in [5.41, 5.74) is -1.10. The van der Waals surface area contributed by atoms with Crippen LogP contribution in [-0.2, 0) is 57.5 Å². The SMILES string of the molecule is CC(=O)C1CC(NC(=O)c2cc(=O)[nH]c(=O)[nH]2)C(OC2OC(C)C(O)C(O)C2O)C(OC2OC(CO)C(O)C(O[C@@H](CC3CCCCC3)C(=O)O)C2OC(=O)c2ccccc2)C1.CCNc1cc(SOOO)cc2cc(C)cc(S(=O)(=O)O)c12. The Kier molecular flexibility index (Phi) is 23.1. The van der Waals surface area contributed by atoms with Crippen molar-refractivity contribution in [1.29, 1.82) is 0 Å². The Bertz CT molecular complexity index is 3120. The van der Waals surface area contributed by atoms with Gasteiger partial charge in [-0.15, -0.1) is 4.33 Å². The second-order valence-corrected chi connectivity index (χ2v) is 23.2. The number of aryl methyl sites for hydroxylation is 1. The molecule has 1 aromatic heterocycles. The normalized spacial score (nSPS) is 28.8. The number of Topliss-reactive ketones (excluding diaryl/α,β-unsaturated/α-hetero) is 1. The van der Waals surface area contributed by atoms with Crippen LogP contribution in [0.5, 0.6) is 0 Å². The lowest BCUT2D eigenvalue weighted by Gasteiger charge is -2.48. The summed E-state index contributed by atoms with van der Waals surface area (Å²) in [7, 11) is -4.37. The second kappa shape index (κ2) is 29.5. The van der Waals surface area contributed by atoms with Crippen LogP contribution in [0.25, 0.3) is 10.8 Å². The van der Waals surface area contributed by atoms with E-state index in [2.05, 4.69) is 25.0 Å². The summed E-state index contributed by atoms with van der Waals surface area (Å²) in [4.78, 5) is 82.0. The van der Waals surface area contributed by atoms with Crippen LogP contribution in [0.4, 0.5) is 5.69 Å². The molecule has 14 unspecified atom stereocenters. The molecule has 4 aliphatic rings. The molecule has 2 saturated heterocycles. The van der Waals surface area contributed by atoms with Gasteiger partial charge in [0.15, 0.2) is 24.8 Å². The molecule has 4 aromatic rings. The summed E-state index contributed by atoms with van der Waals surface area (Å²) in [5, 5.41) is 83.0. The average molecular weight is 1220 g/mol. The number of amides is 1. The third kappa shape index (κ3) is 16.6. The van der Waals surface area contributed by atoms with Crippen molar-refractivity contribution in [3.63, 3.8) is 0 Å². The number of aliphatic hydroxyl groups excluding tert-OH is 5. The number of H-pyrrole nitrogens is 2. The third-order valence-corrected chi connectivity index (χ3v) is 16.4. The molecule has 15 atom stereocenters. The molecule has 1 amide bonds. The van der Waals surface area contributed by atoms with Crippen molar-refractivity contribution in [3.05, 3.63) is 98.3 Å². The van der Waals surface area contributed by atoms with Gasteiger partial charge in [-0.3, -0.25) is 23.9 Å². The van der Waals surface area contributed by atoms with Gasteiger partial charge in [-0.25, -0.2) is 19.6 Å². The Morgan fingerprint density at radius 3 is 2.20 bits per heavy atom. The van der Waals surface area contributed by atoms with Crippen LogP contribution >= 0.6 is 12.0 Å². The summed E-state index contributed by atoms with van der Waals surface area (Å²) >= 11 is 0.770. The molecular formula is C54H70N4O24S2. The Morgan fingerprint density at radius 2 is 1.57 bits per heavy atom. The van der Waals surface area contributed by atoms with E-state index in [1.807, 2.05) is 11.9 Å². The minimum absolute atomic E-state index is 0.0181. The van der Waals surface area contributed by atoms with E-state index in [-0.39, 0.29) is 41.4 Å². The van der Waals surface area contributed by atoms with Crippen LogP contribution in [0.1, 0.15) is 98.5 Å². The number of rotatable bonds is 21. The number of carboxylic acid groups (broad SMARTS) is 1. The number of fused-ring (bicyclic) bond motifs is 1. The van der Waals surface area contributed by atoms with Gasteiger partial charge in [0.1, 0.15) is 59.1 Å². The number of benzene rings is 3. The van der Waals surface area contributed by atoms with E-state index in [1.165, 1.54) is 32.0 Å². The number of carbonyl (C=O) groups excluding carboxylic acids is 3. The molecule has 0 bridgehead atoms. The lowest BCUT2D eigenvalue weighted by atomic mass is 9.79. The minimum atomic E-state index is -4.37. The number of esters is 1. The van der Waals surface area contributed by atoms with Gasteiger partial charge in [0.05, 0.1) is 42.5 Å². The summed E-state index contributed by atoms with van der Waals surface area (Å²) in [6, 6.07) is 13.7. The van der Waals surface area contributed by atoms with Gasteiger partial charge in [0, 0.05) is 34.5 Å². The monoisotopic (exact) mass is 1220 g/mol. The van der Waals surface area contributed by atoms with Crippen molar-refractivity contribution in [1.82, 2.24) is 15.3 Å². The van der Waals surface area contributed by atoms with Crippen LogP contribution in [0.15, 0.2) is 80.0 Å². The highest BCUT2D eigenvalue weighted by Gasteiger charge is 2.54. The molecular weight excluding hydrogens is 1150 g/mol. The van der Waals surface area contributed by atoms with Gasteiger partial charge in [-0.2, -0.15) is 8.42 Å². The number of carboxylic acids is 1. The lowest BCUT2D eigenvalue weighted by molar-refractivity contribution is -0.432. The number of aromatic nitrogens is 2. The highest BCUT2D eigenvalue weighted by atomic mass is 32.2. The number of aliphatic hydroxyl groups is 5. The van der Waals surface area contributed by atoms with E-state index < -0.39 is 143 Å². The zero-order chi connectivity index (χ0) is 61.2. The molecule has 28 nitrogen and oxygen atoms in total. The van der Waals surface area contributed by atoms with E-state index in [1.54, 1.807) is 43.3 Å². The number of anilines is 1. The smallest absolute Gasteiger partial charge is 0.338 e. The Hall–Kier alpha value is -5.78. The van der Waals surface area contributed by atoms with Gasteiger partial charge >= 0.3 is 17.6 Å². The van der Waals surface area contributed by atoms with Crippen molar-refractivity contribution in [2.24, 2.45) is 11.8 Å². The molecule has 84 heavy (non-hydrogen) atoms. The number of aliphatic carboxylic acids is 1. The highest BCUT2D eigenvalue weighted by Crippen LogP contribution is 2.39. The maximum absolute atomic E-state index is 13.7. The van der Waals surface area contributed by atoms with Crippen molar-refractivity contribution < 1.29 is 106 Å². The average Bonchev–Trinajstić information content (AvgIpc) is 1.92. The first-order valence-electron chi connectivity index (χ1n) is 27.1. The summed E-state index contributed by atoms with van der Waals surface area (Å²) < 4.78 is 73.9. The number of ketones is 1. The molecule has 2 saturated carbocycles. The minimum Gasteiger partial charge on any atom is -0.479 e. The lowest BCUT2D eigenvalue weighted by Crippen LogP contribution is -2.65. The number of hydrogen-bond donors (Lipinski definition) is 12. The summed E-state index contributed by atoms with van der Waals surface area (Å²) in [5.74, 6) is -4.60. The van der Waals surface area contributed by atoms with Crippen molar-refractivity contribution >= 4 is 62.2 Å². The summed E-state index contributed by atoms with van der Waals surface area (Å²) in [6.45, 7) is 5.98. The molecule has 3 heterocycles. The molecule has 8 rings (SSSR count). The zero-order valence-electron chi connectivity index (χ0n) is 46.0. The van der Waals surface area contributed by atoms with E-state index in [4.69, 9.17) is 33.7 Å². The maximum Gasteiger partial charge on any atom is 0.338 e. The zero-order valence-corrected chi connectivity index (χ0v) is 47.6. The molecule has 462 valence electrons. The van der Waals surface area contributed by atoms with Gasteiger partial charge in [-0.1, -0.05) is 61.4 Å². The van der Waals surface area contributed by atoms with Gasteiger partial charge in [-0.05, 0) is 94.2 Å². The number of ether oxygens (including phenoxy) is 6. The molecule has 2 aliphatic carbocycles. The quantitative estimate of drug-likeness (QED) is 0.0187. The number of aromatic amines is 2. The highest BCUT2D eigenvalue weighted by molar-refractivity contribution is 7.94. The molecule has 3 aromatic carbocycles. The van der Waals surface area contributed by atoms with Crippen molar-refractivity contribution in [3.8, 4) is 0 Å². The van der Waals surface area contributed by atoms with E-state index in [0.29, 0.717) is 33.5 Å². The van der Waals surface area contributed by atoms with E-state index in [9.17, 15) is 72.4 Å². The van der Waals surface area contributed by atoms with Gasteiger partial charge in [0.2, 0.25) is 0 Å². The molecule has 0 radical (unpaired) electrons. The Labute approximate surface area is 484 Å². The van der Waals surface area contributed by atoms with E-state index >= 15 is 0 Å². The van der Waals surface area contributed by atoms with Crippen LogP contribution in [0.3, 0.4) is 0 Å². The van der Waals surface area contributed by atoms with Crippen LogP contribution in [-0.4, -0.2) is 181 Å². The second-order valence-electron chi connectivity index (χ2n) is 21.0. The fourth-order valence-corrected chi connectivity index (χ4v) is 12.1. The Balaban J connectivity index is 0.000000384. The van der Waals surface area contributed by atoms with E-state index in [0.717, 1.165) is 50.2 Å². The van der Waals surface area contributed by atoms with Crippen LogP contribution in [0.2, 0.25) is 0 Å². The van der Waals surface area contributed by atoms with Crippen molar-refractivity contribution in [2.45, 2.75) is 175 Å². The largest absolute Gasteiger partial charge is 0.479 e. The van der Waals surface area contributed by atoms with Crippen LogP contribution in [0, 0.1) is 18.8 Å². The first-order chi connectivity index (χ1) is 39.9. The number of carbonyl (C=O) groups is 4. The number of hydrogen-bond acceptors (Lipinski definition) is 24. The Morgan fingerprint density at radius 1 is 0.857 bits per heavy atom. The predicted octanol–water partition coefficient (Wildman–Crippen LogP) is 2.13. The van der Waals surface area contributed by atoms with Gasteiger partial charge in [0.25, 0.3) is 21.6 Å². The first-order valence-corrected chi connectivity index (χ1v) is 29.3. The molecule has 0 spiro atoms. The topological polar surface area (TPSA) is 428 Å². The molecule has 2 aliphatic heterocycles. The fraction of sp³-hybridized carbons (Fsp3) is 0.556. The van der Waals surface area contributed by atoms with Crippen molar-refractivity contribution in [2.75, 3.05) is 18.5 Å². The number of nitrogens with one attached hydrogen (secondary N) is 4. The molecule has 12 N–H and O–H groups in total. The molecule has 4 fully saturated rings. The first kappa shape index (κ1) is 65.8. The fourth-order valence-electron chi connectivity index (χ4n) is 10.8. The maximum atomic E-state index is 13.7. The summed E-state index contributed by atoms with van der Waals surface area (Å²) in [6.07, 6.45) is -16.9. The standard InChI is InChI=1S/C41H55N3O18.C13H15NO6S2/c1-18(46)22-14-23(42-36(52)24-16-28(47)44-41(56)43-24)33(62-39-32(51)31(50)29(48)19(2)57-39)25(15-22)59-40-35(61-38(55)21-11-7-4-8-12-21)34(30(49)27(17-45)60-40)58-26(37(53)54)13-20-9-5-3-6-10-20;1-3-14-11-7-10(21-20-19-15)6-9-4-8(2)5-12(13(9)11)22(16,17)18/h4,7-8,11-12,16,19-20,22-23,25-27,29-35,39-40,45,48-51H,3,5-6,9-10,13-15,17H2,1-2H3,(H,42,52)(H,53,54)(H2,43,44,47,56);4-7,14-15H,3H2,1-2H3,(H,16,17,18)/t19?,22?,23?,25?,26-,27?,29?,30?,31?,32?,33?,34?,35?,39?,40?;/m0./s1.